The number of furan rings is 1. The zero-order chi connectivity index (χ0) is 18.4. The Balaban J connectivity index is 0.000000242. The van der Waals surface area contributed by atoms with Gasteiger partial charge in [0.25, 0.3) is 5.91 Å². The maximum atomic E-state index is 12.3. The van der Waals surface area contributed by atoms with Gasteiger partial charge in [0.05, 0.1) is 0 Å². The molecule has 9 heteroatoms. The number of rotatable bonds is 3. The Morgan fingerprint density at radius 1 is 1.04 bits per heavy atom. The van der Waals surface area contributed by atoms with Crippen molar-refractivity contribution in [3.05, 3.63) is 34.7 Å². The lowest BCUT2D eigenvalue weighted by Gasteiger charge is -2.30. The first-order chi connectivity index (χ1) is 11.9. The Kier molecular flexibility index (Phi) is 6.77. The van der Waals surface area contributed by atoms with E-state index in [4.69, 9.17) is 14.6 Å². The molecular formula is C16H19BrN2O6. The van der Waals surface area contributed by atoms with Gasteiger partial charge in [-0.25, -0.2) is 9.59 Å². The molecule has 4 heterocycles. The molecule has 3 aliphatic rings. The van der Waals surface area contributed by atoms with E-state index in [2.05, 4.69) is 20.8 Å². The maximum Gasteiger partial charge on any atom is 0.328 e. The molecule has 136 valence electrons. The van der Waals surface area contributed by atoms with E-state index in [-0.39, 0.29) is 5.91 Å². The number of hydrogen-bond donors (Lipinski definition) is 2. The highest BCUT2D eigenvalue weighted by atomic mass is 79.9. The van der Waals surface area contributed by atoms with E-state index < -0.39 is 11.9 Å². The molecule has 25 heavy (non-hydrogen) atoms. The van der Waals surface area contributed by atoms with Gasteiger partial charge in [-0.05, 0) is 40.9 Å². The van der Waals surface area contributed by atoms with Crippen LogP contribution in [0.3, 0.4) is 0 Å². The SMILES string of the molecule is O=C(O)/C=C/C(=O)O.O=C(c1ccc(Br)o1)N1CCN2CCC1CC2. The van der Waals surface area contributed by atoms with Gasteiger partial charge in [-0.3, -0.25) is 4.79 Å². The van der Waals surface area contributed by atoms with Crippen molar-refractivity contribution in [2.24, 2.45) is 0 Å². The number of carboxylic acid groups (broad SMARTS) is 2. The summed E-state index contributed by atoms with van der Waals surface area (Å²) in [5.74, 6) is -2.04. The molecule has 0 spiro atoms. The summed E-state index contributed by atoms with van der Waals surface area (Å²) in [4.78, 5) is 35.9. The highest BCUT2D eigenvalue weighted by Crippen LogP contribution is 2.24. The van der Waals surface area contributed by atoms with Gasteiger partial charge >= 0.3 is 11.9 Å². The van der Waals surface area contributed by atoms with Gasteiger partial charge < -0.3 is 24.4 Å². The molecule has 2 bridgehead atoms. The van der Waals surface area contributed by atoms with Crippen LogP contribution in [0.2, 0.25) is 0 Å². The average molecular weight is 415 g/mol. The lowest BCUT2D eigenvalue weighted by Crippen LogP contribution is -2.41. The van der Waals surface area contributed by atoms with E-state index in [0.717, 1.165) is 39.0 Å². The minimum absolute atomic E-state index is 0.0319. The van der Waals surface area contributed by atoms with Crippen LogP contribution < -0.4 is 0 Å². The molecule has 3 saturated heterocycles. The number of fused-ring (bicyclic) bond motifs is 4. The summed E-state index contributed by atoms with van der Waals surface area (Å²) in [6.45, 7) is 4.05. The predicted molar refractivity (Wildman–Crippen MR) is 91.3 cm³/mol. The Hall–Kier alpha value is -2.13. The smallest absolute Gasteiger partial charge is 0.328 e. The van der Waals surface area contributed by atoms with Crippen molar-refractivity contribution in [3.63, 3.8) is 0 Å². The molecule has 0 aliphatic carbocycles. The van der Waals surface area contributed by atoms with Crippen LogP contribution in [0, 0.1) is 0 Å². The molecule has 0 saturated carbocycles. The third-order valence-corrected chi connectivity index (χ3v) is 4.49. The van der Waals surface area contributed by atoms with E-state index in [1.165, 1.54) is 0 Å². The summed E-state index contributed by atoms with van der Waals surface area (Å²) in [6.07, 6.45) is 3.30. The number of carbonyl (C=O) groups excluding carboxylic acids is 1. The molecule has 1 amide bonds. The average Bonchev–Trinajstić information content (AvgIpc) is 2.80. The molecule has 3 aliphatic heterocycles. The van der Waals surface area contributed by atoms with Crippen LogP contribution in [0.1, 0.15) is 23.4 Å². The predicted octanol–water partition coefficient (Wildman–Crippen LogP) is 1.67. The fraction of sp³-hybridized carbons (Fsp3) is 0.438. The van der Waals surface area contributed by atoms with Crippen molar-refractivity contribution < 1.29 is 29.0 Å². The molecule has 0 radical (unpaired) electrons. The van der Waals surface area contributed by atoms with Gasteiger partial charge in [0.1, 0.15) is 0 Å². The second-order valence-electron chi connectivity index (χ2n) is 5.68. The van der Waals surface area contributed by atoms with Crippen molar-refractivity contribution in [1.29, 1.82) is 0 Å². The molecule has 4 rings (SSSR count). The fourth-order valence-corrected chi connectivity index (χ4v) is 3.17. The van der Waals surface area contributed by atoms with E-state index in [1.54, 1.807) is 12.1 Å². The zero-order valence-electron chi connectivity index (χ0n) is 13.4. The van der Waals surface area contributed by atoms with Crippen molar-refractivity contribution in [3.8, 4) is 0 Å². The van der Waals surface area contributed by atoms with Crippen molar-refractivity contribution in [2.75, 3.05) is 26.2 Å². The summed E-state index contributed by atoms with van der Waals surface area (Å²) in [7, 11) is 0. The van der Waals surface area contributed by atoms with Crippen LogP contribution in [0.5, 0.6) is 0 Å². The minimum Gasteiger partial charge on any atom is -0.478 e. The minimum atomic E-state index is -1.26. The standard InChI is InChI=1S/C12H15BrN2O2.C4H4O4/c13-11-2-1-10(17-11)12(16)15-8-7-14-5-3-9(15)4-6-14;5-3(6)1-2-4(7)8/h1-2,9H,3-8H2;1-2H,(H,5,6)(H,7,8)/b;2-1+. The number of piperidine rings is 1. The van der Waals surface area contributed by atoms with Gasteiger partial charge in [0.15, 0.2) is 10.4 Å². The Morgan fingerprint density at radius 3 is 2.12 bits per heavy atom. The molecule has 2 N–H and O–H groups in total. The van der Waals surface area contributed by atoms with Gasteiger partial charge in [-0.15, -0.1) is 0 Å². The molecule has 0 aromatic carbocycles. The summed E-state index contributed by atoms with van der Waals surface area (Å²) < 4.78 is 5.97. The zero-order valence-corrected chi connectivity index (χ0v) is 15.0. The Morgan fingerprint density at radius 2 is 1.64 bits per heavy atom. The first-order valence-electron chi connectivity index (χ1n) is 7.79. The number of nitrogens with zero attached hydrogens (tertiary/aromatic N) is 2. The lowest BCUT2D eigenvalue weighted by molar-refractivity contribution is -0.134. The van der Waals surface area contributed by atoms with E-state index in [9.17, 15) is 14.4 Å². The van der Waals surface area contributed by atoms with Gasteiger partial charge in [-0.2, -0.15) is 0 Å². The topological polar surface area (TPSA) is 111 Å². The van der Waals surface area contributed by atoms with Crippen LogP contribution >= 0.6 is 15.9 Å². The number of amides is 1. The molecule has 1 aromatic heterocycles. The first-order valence-corrected chi connectivity index (χ1v) is 8.58. The third kappa shape index (κ3) is 5.71. The summed E-state index contributed by atoms with van der Waals surface area (Å²) in [5.41, 5.74) is 0. The van der Waals surface area contributed by atoms with Crippen LogP contribution in [0.4, 0.5) is 0 Å². The largest absolute Gasteiger partial charge is 0.478 e. The summed E-state index contributed by atoms with van der Waals surface area (Å²) in [5, 5.41) is 15.6. The van der Waals surface area contributed by atoms with E-state index in [1.807, 2.05) is 4.90 Å². The highest BCUT2D eigenvalue weighted by Gasteiger charge is 2.33. The number of aliphatic carboxylic acids is 2. The second-order valence-corrected chi connectivity index (χ2v) is 6.47. The van der Waals surface area contributed by atoms with Gasteiger partial charge in [0, 0.05) is 44.4 Å². The molecule has 8 nitrogen and oxygen atoms in total. The normalized spacial score (nSPS) is 22.2. The number of hydrogen-bond acceptors (Lipinski definition) is 5. The second kappa shape index (κ2) is 8.82. The van der Waals surface area contributed by atoms with Crippen LogP contribution in [0.25, 0.3) is 0 Å². The van der Waals surface area contributed by atoms with Crippen LogP contribution in [-0.4, -0.2) is 70.1 Å². The van der Waals surface area contributed by atoms with Crippen LogP contribution in [0.15, 0.2) is 33.4 Å². The fourth-order valence-electron chi connectivity index (χ4n) is 2.87. The molecule has 3 fully saturated rings. The number of carboxylic acids is 2. The Labute approximate surface area is 152 Å². The van der Waals surface area contributed by atoms with Gasteiger partial charge in [0.2, 0.25) is 0 Å². The maximum absolute atomic E-state index is 12.3. The monoisotopic (exact) mass is 414 g/mol. The van der Waals surface area contributed by atoms with Crippen LogP contribution in [-0.2, 0) is 9.59 Å². The van der Waals surface area contributed by atoms with E-state index >= 15 is 0 Å². The third-order valence-electron chi connectivity index (χ3n) is 4.07. The summed E-state index contributed by atoms with van der Waals surface area (Å²) >= 11 is 3.23. The van der Waals surface area contributed by atoms with Crippen molar-refractivity contribution in [2.45, 2.75) is 18.9 Å². The number of halogens is 1. The van der Waals surface area contributed by atoms with E-state index in [0.29, 0.717) is 28.6 Å². The lowest BCUT2D eigenvalue weighted by atomic mass is 10.1. The number of carbonyl (C=O) groups is 3. The van der Waals surface area contributed by atoms with Gasteiger partial charge in [-0.1, -0.05) is 0 Å². The molecule has 0 unspecified atom stereocenters. The highest BCUT2D eigenvalue weighted by molar-refractivity contribution is 9.10. The summed E-state index contributed by atoms with van der Waals surface area (Å²) in [6, 6.07) is 3.90. The van der Waals surface area contributed by atoms with Crippen molar-refractivity contribution >= 4 is 33.8 Å². The van der Waals surface area contributed by atoms with Crippen molar-refractivity contribution in [1.82, 2.24) is 9.80 Å². The first kappa shape index (κ1) is 19.2. The molecule has 0 atom stereocenters. The molecular weight excluding hydrogens is 396 g/mol. The molecule has 1 aromatic rings. The quantitative estimate of drug-likeness (QED) is 0.723. The Bertz CT molecular complexity index is 647.